The maximum atomic E-state index is 13.3. The van der Waals surface area contributed by atoms with Gasteiger partial charge in [0.1, 0.15) is 17.1 Å². The fourth-order valence-electron chi connectivity index (χ4n) is 2.64. The molecule has 2 heterocycles. The first-order valence-electron chi connectivity index (χ1n) is 8.34. The molecule has 0 fully saturated rings. The fraction of sp³-hybridized carbons (Fsp3) is 0. The number of amides is 1. The molecule has 0 bridgehead atoms. The lowest BCUT2D eigenvalue weighted by atomic mass is 10.2. The predicted octanol–water partition coefficient (Wildman–Crippen LogP) is 5.58. The van der Waals surface area contributed by atoms with E-state index in [1.807, 2.05) is 30.3 Å². The smallest absolute Gasteiger partial charge is 0.261 e. The number of para-hydroxylation sites is 1. The maximum Gasteiger partial charge on any atom is 0.261 e. The summed E-state index contributed by atoms with van der Waals surface area (Å²) in [6.07, 6.45) is 3.11. The molecule has 0 atom stereocenters. The lowest BCUT2D eigenvalue weighted by Gasteiger charge is -2.11. The van der Waals surface area contributed by atoms with Crippen molar-refractivity contribution in [3.05, 3.63) is 88.9 Å². The lowest BCUT2D eigenvalue weighted by Crippen LogP contribution is -2.13. The number of halogens is 2. The number of aromatic nitrogens is 2. The lowest BCUT2D eigenvalue weighted by molar-refractivity contribution is 0.102. The number of nitrogens with one attached hydrogen (secondary N) is 1. The van der Waals surface area contributed by atoms with Crippen molar-refractivity contribution >= 4 is 38.4 Å². The molecule has 0 saturated heterocycles. The molecule has 28 heavy (non-hydrogen) atoms. The minimum absolute atomic E-state index is 0.112. The third-order valence-electron chi connectivity index (χ3n) is 3.96. The van der Waals surface area contributed by atoms with E-state index in [2.05, 4.69) is 31.2 Å². The quantitative estimate of drug-likeness (QED) is 0.452. The van der Waals surface area contributed by atoms with Crippen molar-refractivity contribution in [3.8, 4) is 11.6 Å². The average molecular weight is 438 g/mol. The average Bonchev–Trinajstić information content (AvgIpc) is 2.70. The van der Waals surface area contributed by atoms with Crippen LogP contribution in [0.1, 0.15) is 10.4 Å². The van der Waals surface area contributed by atoms with Gasteiger partial charge in [0.15, 0.2) is 0 Å². The van der Waals surface area contributed by atoms with Gasteiger partial charge in [-0.2, -0.15) is 0 Å². The molecule has 2 aromatic heterocycles. The molecule has 1 amide bonds. The molecule has 4 rings (SSSR count). The summed E-state index contributed by atoms with van der Waals surface area (Å²) in [5.74, 6) is -0.331. The van der Waals surface area contributed by atoms with Gasteiger partial charge >= 0.3 is 0 Å². The molecule has 0 aliphatic heterocycles. The summed E-state index contributed by atoms with van der Waals surface area (Å²) in [6.45, 7) is 0. The van der Waals surface area contributed by atoms with Crippen LogP contribution in [0.2, 0.25) is 0 Å². The second-order valence-corrected chi connectivity index (χ2v) is 6.76. The van der Waals surface area contributed by atoms with E-state index in [0.29, 0.717) is 15.9 Å². The highest BCUT2D eigenvalue weighted by atomic mass is 79.9. The van der Waals surface area contributed by atoms with Crippen molar-refractivity contribution in [3.63, 3.8) is 0 Å². The van der Waals surface area contributed by atoms with Crippen molar-refractivity contribution in [1.82, 2.24) is 9.97 Å². The summed E-state index contributed by atoms with van der Waals surface area (Å²) in [4.78, 5) is 21.2. The normalized spacial score (nSPS) is 10.6. The second kappa shape index (κ2) is 7.74. The summed E-state index contributed by atoms with van der Waals surface area (Å²) in [5, 5.41) is 3.72. The van der Waals surface area contributed by atoms with Gasteiger partial charge in [0.05, 0.1) is 21.9 Å². The van der Waals surface area contributed by atoms with Crippen LogP contribution in [0.4, 0.5) is 10.1 Å². The van der Waals surface area contributed by atoms with Gasteiger partial charge in [0.25, 0.3) is 5.91 Å². The van der Waals surface area contributed by atoms with Crippen LogP contribution in [-0.2, 0) is 0 Å². The van der Waals surface area contributed by atoms with E-state index in [0.717, 1.165) is 10.9 Å². The fourth-order valence-corrected chi connectivity index (χ4v) is 3.08. The summed E-state index contributed by atoms with van der Waals surface area (Å²) < 4.78 is 19.4. The molecule has 1 N–H and O–H groups in total. The number of fused-ring (bicyclic) bond motifs is 1. The molecule has 0 aliphatic rings. The van der Waals surface area contributed by atoms with Crippen LogP contribution >= 0.6 is 15.9 Å². The molecule has 0 unspecified atom stereocenters. The van der Waals surface area contributed by atoms with E-state index in [4.69, 9.17) is 4.74 Å². The highest BCUT2D eigenvalue weighted by molar-refractivity contribution is 9.10. The third kappa shape index (κ3) is 3.84. The van der Waals surface area contributed by atoms with Gasteiger partial charge in [-0.3, -0.25) is 9.78 Å². The molecule has 0 saturated carbocycles. The molecular weight excluding hydrogens is 425 g/mol. The number of anilines is 1. The molecule has 4 aromatic rings. The number of rotatable bonds is 4. The van der Waals surface area contributed by atoms with Crippen molar-refractivity contribution in [2.45, 2.75) is 0 Å². The Bertz CT molecular complexity index is 1180. The van der Waals surface area contributed by atoms with Crippen LogP contribution in [0.15, 0.2) is 77.5 Å². The van der Waals surface area contributed by atoms with Crippen molar-refractivity contribution in [2.75, 3.05) is 5.32 Å². The topological polar surface area (TPSA) is 64.1 Å². The van der Waals surface area contributed by atoms with Crippen LogP contribution < -0.4 is 10.1 Å². The zero-order chi connectivity index (χ0) is 19.5. The van der Waals surface area contributed by atoms with Crippen LogP contribution in [0.5, 0.6) is 11.6 Å². The number of ether oxygens (including phenoxy) is 1. The first-order chi connectivity index (χ1) is 13.6. The highest BCUT2D eigenvalue weighted by Gasteiger charge is 2.16. The molecule has 7 heteroatoms. The first-order valence-corrected chi connectivity index (χ1v) is 9.13. The standard InChI is InChI=1S/C21H13BrFN3O2/c22-17-11-14(23)7-8-19(17)28-21-16(5-3-9-24-21)20(27)26-15-10-13-4-1-2-6-18(13)25-12-15/h1-12H,(H,26,27). The number of benzene rings is 2. The summed E-state index contributed by atoms with van der Waals surface area (Å²) in [7, 11) is 0. The minimum atomic E-state index is -0.401. The predicted molar refractivity (Wildman–Crippen MR) is 108 cm³/mol. The summed E-state index contributed by atoms with van der Waals surface area (Å²) >= 11 is 3.24. The summed E-state index contributed by atoms with van der Waals surface area (Å²) in [5.41, 5.74) is 1.64. The van der Waals surface area contributed by atoms with Crippen molar-refractivity contribution in [2.24, 2.45) is 0 Å². The number of hydrogen-bond donors (Lipinski definition) is 1. The van der Waals surface area contributed by atoms with Crippen LogP contribution in [0.25, 0.3) is 10.9 Å². The molecule has 2 aromatic carbocycles. The Balaban J connectivity index is 1.60. The number of nitrogens with zero attached hydrogens (tertiary/aromatic N) is 2. The minimum Gasteiger partial charge on any atom is -0.437 e. The molecule has 0 radical (unpaired) electrons. The van der Waals surface area contributed by atoms with Gasteiger partial charge < -0.3 is 10.1 Å². The molecule has 138 valence electrons. The first kappa shape index (κ1) is 18.1. The number of carbonyl (C=O) groups excluding carboxylic acids is 1. The van der Waals surface area contributed by atoms with E-state index < -0.39 is 11.7 Å². The van der Waals surface area contributed by atoms with E-state index in [1.54, 1.807) is 18.3 Å². The second-order valence-electron chi connectivity index (χ2n) is 5.90. The van der Waals surface area contributed by atoms with Crippen LogP contribution in [0, 0.1) is 5.82 Å². The summed E-state index contributed by atoms with van der Waals surface area (Å²) in [6, 6.07) is 16.7. The van der Waals surface area contributed by atoms with Crippen LogP contribution in [-0.4, -0.2) is 15.9 Å². The Morgan fingerprint density at radius 2 is 1.89 bits per heavy atom. The van der Waals surface area contributed by atoms with E-state index in [-0.39, 0.29) is 11.4 Å². The number of pyridine rings is 2. The third-order valence-corrected chi connectivity index (χ3v) is 4.58. The van der Waals surface area contributed by atoms with E-state index >= 15 is 0 Å². The molecular formula is C21H13BrFN3O2. The van der Waals surface area contributed by atoms with Crippen LogP contribution in [0.3, 0.4) is 0 Å². The van der Waals surface area contributed by atoms with Gasteiger partial charge in [0.2, 0.25) is 5.88 Å². The SMILES string of the molecule is O=C(Nc1cnc2ccccc2c1)c1cccnc1Oc1ccc(F)cc1Br. The van der Waals surface area contributed by atoms with Gasteiger partial charge in [-0.25, -0.2) is 9.37 Å². The Hall–Kier alpha value is -3.32. The zero-order valence-corrected chi connectivity index (χ0v) is 16.0. The highest BCUT2D eigenvalue weighted by Crippen LogP contribution is 2.31. The Morgan fingerprint density at radius 1 is 1.04 bits per heavy atom. The van der Waals surface area contributed by atoms with E-state index in [9.17, 15) is 9.18 Å². The Kier molecular flexibility index (Phi) is 4.99. The maximum absolute atomic E-state index is 13.3. The molecule has 0 spiro atoms. The van der Waals surface area contributed by atoms with Gasteiger partial charge in [-0.1, -0.05) is 18.2 Å². The van der Waals surface area contributed by atoms with Crippen molar-refractivity contribution < 1.29 is 13.9 Å². The molecule has 5 nitrogen and oxygen atoms in total. The number of hydrogen-bond acceptors (Lipinski definition) is 4. The van der Waals surface area contributed by atoms with Gasteiger partial charge in [-0.15, -0.1) is 0 Å². The number of carbonyl (C=O) groups is 1. The van der Waals surface area contributed by atoms with Gasteiger partial charge in [-0.05, 0) is 58.4 Å². The van der Waals surface area contributed by atoms with E-state index in [1.165, 1.54) is 24.4 Å². The zero-order valence-electron chi connectivity index (χ0n) is 14.4. The largest absolute Gasteiger partial charge is 0.437 e. The Labute approximate surface area is 168 Å². The molecule has 0 aliphatic carbocycles. The Morgan fingerprint density at radius 3 is 2.75 bits per heavy atom. The van der Waals surface area contributed by atoms with Gasteiger partial charge in [0, 0.05) is 11.6 Å². The van der Waals surface area contributed by atoms with Crippen molar-refractivity contribution in [1.29, 1.82) is 0 Å². The monoisotopic (exact) mass is 437 g/mol.